The molecule has 1 amide bonds. The zero-order valence-corrected chi connectivity index (χ0v) is 12.8. The van der Waals surface area contributed by atoms with E-state index in [0.29, 0.717) is 43.1 Å². The fourth-order valence-electron chi connectivity index (χ4n) is 2.87. The summed E-state index contributed by atoms with van der Waals surface area (Å²) in [6.07, 6.45) is 3.95. The monoisotopic (exact) mass is 310 g/mol. The molecule has 0 bridgehead atoms. The van der Waals surface area contributed by atoms with Crippen molar-refractivity contribution in [1.82, 2.24) is 9.88 Å². The van der Waals surface area contributed by atoms with Crippen LogP contribution in [0.25, 0.3) is 0 Å². The Morgan fingerprint density at radius 3 is 2.52 bits per heavy atom. The van der Waals surface area contributed by atoms with Crippen LogP contribution < -0.4 is 0 Å². The Kier molecular flexibility index (Phi) is 4.83. The number of aliphatic carboxylic acids is 1. The molecular weight excluding hydrogens is 292 g/mol. The number of piperidine rings is 1. The number of likely N-dealkylation sites (tertiary alicyclic amines) is 1. The predicted octanol–water partition coefficient (Wildman–Crippen LogP) is 2.84. The Morgan fingerprint density at radius 2 is 2.05 bits per heavy atom. The third kappa shape index (κ3) is 3.35. The number of nitrogens with zero attached hydrogens (tertiary/aromatic N) is 2. The first-order valence-corrected chi connectivity index (χ1v) is 7.50. The normalized spacial score (nSPS) is 17.5. The van der Waals surface area contributed by atoms with Gasteiger partial charge in [-0.05, 0) is 31.4 Å². The molecule has 0 unspecified atom stereocenters. The Hall–Kier alpha value is -1.62. The lowest BCUT2D eigenvalue weighted by atomic mass is 9.75. The molecule has 1 aromatic rings. The van der Waals surface area contributed by atoms with E-state index in [1.165, 1.54) is 6.20 Å². The highest BCUT2D eigenvalue weighted by atomic mass is 35.5. The van der Waals surface area contributed by atoms with Crippen LogP contribution in [0.5, 0.6) is 0 Å². The summed E-state index contributed by atoms with van der Waals surface area (Å²) >= 11 is 5.71. The molecule has 114 valence electrons. The summed E-state index contributed by atoms with van der Waals surface area (Å²) < 4.78 is 0. The van der Waals surface area contributed by atoms with Crippen LogP contribution in [0.3, 0.4) is 0 Å². The third-order valence-electron chi connectivity index (χ3n) is 4.16. The first-order chi connectivity index (χ1) is 9.98. The fraction of sp³-hybridized carbons (Fsp3) is 0.533. The van der Waals surface area contributed by atoms with Crippen molar-refractivity contribution in [1.29, 1.82) is 0 Å². The molecule has 0 saturated carbocycles. The van der Waals surface area contributed by atoms with Gasteiger partial charge in [0.05, 0.1) is 11.0 Å². The first-order valence-electron chi connectivity index (χ1n) is 7.13. The molecule has 0 spiro atoms. The Labute approximate surface area is 128 Å². The van der Waals surface area contributed by atoms with Crippen molar-refractivity contribution in [2.24, 2.45) is 5.41 Å². The lowest BCUT2D eigenvalue weighted by Gasteiger charge is -2.38. The van der Waals surface area contributed by atoms with Gasteiger partial charge in [0, 0.05) is 19.3 Å². The van der Waals surface area contributed by atoms with Crippen molar-refractivity contribution in [3.63, 3.8) is 0 Å². The summed E-state index contributed by atoms with van der Waals surface area (Å²) in [6, 6.07) is 3.22. The van der Waals surface area contributed by atoms with Crippen LogP contribution in [0.2, 0.25) is 5.15 Å². The molecule has 0 aromatic carbocycles. The standard InChI is InChI=1S/C15H19ClN2O3/c1-2-5-15(14(20)21)6-8-18(9-7-15)13(19)11-3-4-12(16)17-10-11/h3-4,10H,2,5-9H2,1H3,(H,20,21). The van der Waals surface area contributed by atoms with Crippen molar-refractivity contribution in [2.45, 2.75) is 32.6 Å². The Balaban J connectivity index is 2.04. The first kappa shape index (κ1) is 15.8. The van der Waals surface area contributed by atoms with Crippen LogP contribution in [0, 0.1) is 5.41 Å². The minimum absolute atomic E-state index is 0.116. The molecule has 6 heteroatoms. The van der Waals surface area contributed by atoms with Crippen molar-refractivity contribution in [2.75, 3.05) is 13.1 Å². The van der Waals surface area contributed by atoms with Crippen LogP contribution in [0.1, 0.15) is 43.0 Å². The maximum Gasteiger partial charge on any atom is 0.309 e. The Morgan fingerprint density at radius 1 is 1.38 bits per heavy atom. The van der Waals surface area contributed by atoms with E-state index in [-0.39, 0.29) is 5.91 Å². The third-order valence-corrected chi connectivity index (χ3v) is 4.39. The number of carbonyl (C=O) groups excluding carboxylic acids is 1. The molecule has 2 rings (SSSR count). The SMILES string of the molecule is CCCC1(C(=O)O)CCN(C(=O)c2ccc(Cl)nc2)CC1. The molecule has 2 heterocycles. The van der Waals surface area contributed by atoms with E-state index in [1.54, 1.807) is 17.0 Å². The van der Waals surface area contributed by atoms with Gasteiger partial charge in [0.25, 0.3) is 5.91 Å². The van der Waals surface area contributed by atoms with Gasteiger partial charge < -0.3 is 10.0 Å². The molecule has 21 heavy (non-hydrogen) atoms. The molecule has 1 fully saturated rings. The van der Waals surface area contributed by atoms with Crippen LogP contribution in [-0.2, 0) is 4.79 Å². The van der Waals surface area contributed by atoms with Crippen molar-refractivity contribution in [3.8, 4) is 0 Å². The Bertz CT molecular complexity index is 522. The molecule has 1 aliphatic heterocycles. The van der Waals surface area contributed by atoms with Gasteiger partial charge in [0.15, 0.2) is 0 Å². The molecule has 1 aliphatic rings. The molecule has 0 atom stereocenters. The largest absolute Gasteiger partial charge is 0.481 e. The van der Waals surface area contributed by atoms with Gasteiger partial charge >= 0.3 is 5.97 Å². The summed E-state index contributed by atoms with van der Waals surface area (Å²) in [6.45, 7) is 2.92. The van der Waals surface area contributed by atoms with Crippen LogP contribution in [0.15, 0.2) is 18.3 Å². The van der Waals surface area contributed by atoms with Crippen LogP contribution in [-0.4, -0.2) is 40.0 Å². The van der Waals surface area contributed by atoms with Crippen LogP contribution >= 0.6 is 11.6 Å². The van der Waals surface area contributed by atoms with Crippen molar-refractivity contribution >= 4 is 23.5 Å². The zero-order valence-electron chi connectivity index (χ0n) is 12.0. The second kappa shape index (κ2) is 6.43. The summed E-state index contributed by atoms with van der Waals surface area (Å²) in [5.41, 5.74) is -0.193. The summed E-state index contributed by atoms with van der Waals surface area (Å²) in [4.78, 5) is 29.5. The number of aromatic nitrogens is 1. The smallest absolute Gasteiger partial charge is 0.309 e. The van der Waals surface area contributed by atoms with Gasteiger partial charge in [0.1, 0.15) is 5.15 Å². The summed E-state index contributed by atoms with van der Waals surface area (Å²) in [5, 5.41) is 9.81. The van der Waals surface area contributed by atoms with E-state index in [4.69, 9.17) is 11.6 Å². The predicted molar refractivity (Wildman–Crippen MR) is 79.4 cm³/mol. The lowest BCUT2D eigenvalue weighted by molar-refractivity contribution is -0.152. The van der Waals surface area contributed by atoms with Gasteiger partial charge in [0.2, 0.25) is 0 Å². The van der Waals surface area contributed by atoms with Gasteiger partial charge in [-0.1, -0.05) is 24.9 Å². The van der Waals surface area contributed by atoms with Crippen molar-refractivity contribution < 1.29 is 14.7 Å². The minimum Gasteiger partial charge on any atom is -0.481 e. The highest BCUT2D eigenvalue weighted by Gasteiger charge is 2.41. The number of hydrogen-bond donors (Lipinski definition) is 1. The highest BCUT2D eigenvalue weighted by Crippen LogP contribution is 2.36. The molecule has 5 nitrogen and oxygen atoms in total. The number of rotatable bonds is 4. The summed E-state index contributed by atoms with van der Waals surface area (Å²) in [7, 11) is 0. The molecular formula is C15H19ClN2O3. The maximum absolute atomic E-state index is 12.3. The van der Waals surface area contributed by atoms with E-state index in [2.05, 4.69) is 4.98 Å². The molecule has 1 N–H and O–H groups in total. The van der Waals surface area contributed by atoms with E-state index in [0.717, 1.165) is 6.42 Å². The van der Waals surface area contributed by atoms with E-state index < -0.39 is 11.4 Å². The van der Waals surface area contributed by atoms with E-state index >= 15 is 0 Å². The highest BCUT2D eigenvalue weighted by molar-refractivity contribution is 6.29. The number of carboxylic acid groups (broad SMARTS) is 1. The quantitative estimate of drug-likeness (QED) is 0.868. The van der Waals surface area contributed by atoms with Gasteiger partial charge in [-0.3, -0.25) is 9.59 Å². The number of amides is 1. The molecule has 1 saturated heterocycles. The second-order valence-corrected chi connectivity index (χ2v) is 5.88. The van der Waals surface area contributed by atoms with Crippen LogP contribution in [0.4, 0.5) is 0 Å². The minimum atomic E-state index is -0.746. The van der Waals surface area contributed by atoms with Gasteiger partial charge in [-0.15, -0.1) is 0 Å². The molecule has 0 aliphatic carbocycles. The fourth-order valence-corrected chi connectivity index (χ4v) is 2.98. The number of halogens is 1. The number of pyridine rings is 1. The van der Waals surface area contributed by atoms with Gasteiger partial charge in [-0.25, -0.2) is 4.98 Å². The van der Waals surface area contributed by atoms with Gasteiger partial charge in [-0.2, -0.15) is 0 Å². The summed E-state index contributed by atoms with van der Waals surface area (Å²) in [5.74, 6) is -0.862. The zero-order chi connectivity index (χ0) is 15.5. The average Bonchev–Trinajstić information content (AvgIpc) is 2.48. The molecule has 0 radical (unpaired) electrons. The topological polar surface area (TPSA) is 70.5 Å². The molecule has 1 aromatic heterocycles. The second-order valence-electron chi connectivity index (χ2n) is 5.50. The number of carboxylic acids is 1. The lowest BCUT2D eigenvalue weighted by Crippen LogP contribution is -2.46. The average molecular weight is 311 g/mol. The van der Waals surface area contributed by atoms with Crippen molar-refractivity contribution in [3.05, 3.63) is 29.0 Å². The number of carbonyl (C=O) groups is 2. The maximum atomic E-state index is 12.3. The number of hydrogen-bond acceptors (Lipinski definition) is 3. The van der Waals surface area contributed by atoms with E-state index in [1.807, 2.05) is 6.92 Å². The van der Waals surface area contributed by atoms with E-state index in [9.17, 15) is 14.7 Å².